The monoisotopic (exact) mass is 366 g/mol. The van der Waals surface area contributed by atoms with Crippen LogP contribution in [0.25, 0.3) is 0 Å². The molecule has 2 rings (SSSR count). The standard InChI is InChI=1S/C14H13BrN2O3.C2H6/c15-10-3-1-2-9(6-10)8-20-11-4-5-12(13(18)7-11)14(19)17-16;1-2/h1-7,18H,8,16H2,(H,17,19);1-2H3. The molecule has 0 bridgehead atoms. The Morgan fingerprint density at radius 1 is 1.27 bits per heavy atom. The third-order valence-electron chi connectivity index (χ3n) is 2.64. The van der Waals surface area contributed by atoms with Gasteiger partial charge in [0, 0.05) is 10.5 Å². The number of hydrogen-bond donors (Lipinski definition) is 3. The molecule has 4 N–H and O–H groups in total. The molecule has 0 radical (unpaired) electrons. The Morgan fingerprint density at radius 2 is 2.00 bits per heavy atom. The van der Waals surface area contributed by atoms with Gasteiger partial charge in [-0.2, -0.15) is 0 Å². The molecular weight excluding hydrogens is 348 g/mol. The van der Waals surface area contributed by atoms with Gasteiger partial charge in [-0.25, -0.2) is 5.84 Å². The SMILES string of the molecule is CC.NNC(=O)c1ccc(OCc2cccc(Br)c2)cc1O. The van der Waals surface area contributed by atoms with Crippen LogP contribution < -0.4 is 16.0 Å². The van der Waals surface area contributed by atoms with Gasteiger partial charge in [-0.1, -0.05) is 41.9 Å². The summed E-state index contributed by atoms with van der Waals surface area (Å²) in [6.45, 7) is 4.36. The molecule has 0 aliphatic heterocycles. The number of amides is 1. The Kier molecular flexibility index (Phi) is 7.42. The minimum absolute atomic E-state index is 0.0994. The minimum atomic E-state index is -0.555. The fourth-order valence-corrected chi connectivity index (χ4v) is 2.11. The number of carbonyl (C=O) groups excluding carboxylic acids is 1. The maximum absolute atomic E-state index is 11.3. The number of hydrazine groups is 1. The lowest BCUT2D eigenvalue weighted by Crippen LogP contribution is -2.29. The van der Waals surface area contributed by atoms with Crippen LogP contribution in [-0.2, 0) is 6.61 Å². The molecule has 0 aliphatic rings. The summed E-state index contributed by atoms with van der Waals surface area (Å²) in [4.78, 5) is 11.3. The number of carbonyl (C=O) groups is 1. The van der Waals surface area contributed by atoms with E-state index in [0.717, 1.165) is 10.0 Å². The van der Waals surface area contributed by atoms with Gasteiger partial charge in [0.15, 0.2) is 0 Å². The van der Waals surface area contributed by atoms with E-state index in [4.69, 9.17) is 10.6 Å². The molecule has 5 nitrogen and oxygen atoms in total. The number of phenols is 1. The molecular formula is C16H19BrN2O3. The Hall–Kier alpha value is -2.05. The van der Waals surface area contributed by atoms with Crippen molar-refractivity contribution >= 4 is 21.8 Å². The fourth-order valence-electron chi connectivity index (χ4n) is 1.66. The molecule has 0 atom stereocenters. The number of halogens is 1. The van der Waals surface area contributed by atoms with Crippen molar-refractivity contribution in [1.29, 1.82) is 0 Å². The van der Waals surface area contributed by atoms with E-state index in [1.807, 2.05) is 43.5 Å². The number of rotatable bonds is 4. The number of aromatic hydroxyl groups is 1. The van der Waals surface area contributed by atoms with Crippen LogP contribution in [0.15, 0.2) is 46.9 Å². The first-order valence-electron chi connectivity index (χ1n) is 6.81. The predicted molar refractivity (Wildman–Crippen MR) is 89.6 cm³/mol. The highest BCUT2D eigenvalue weighted by molar-refractivity contribution is 9.10. The minimum Gasteiger partial charge on any atom is -0.507 e. The fraction of sp³-hybridized carbons (Fsp3) is 0.188. The zero-order valence-electron chi connectivity index (χ0n) is 12.5. The highest BCUT2D eigenvalue weighted by Gasteiger charge is 2.10. The molecule has 0 aromatic heterocycles. The second kappa shape index (κ2) is 9.07. The van der Waals surface area contributed by atoms with E-state index in [-0.39, 0.29) is 11.3 Å². The third kappa shape index (κ3) is 5.05. The summed E-state index contributed by atoms with van der Waals surface area (Å²) in [6, 6.07) is 12.1. The number of nitrogens with two attached hydrogens (primary N) is 1. The third-order valence-corrected chi connectivity index (χ3v) is 3.13. The van der Waals surface area contributed by atoms with Gasteiger partial charge in [-0.15, -0.1) is 0 Å². The van der Waals surface area contributed by atoms with Crippen LogP contribution in [0.3, 0.4) is 0 Å². The Morgan fingerprint density at radius 3 is 2.59 bits per heavy atom. The van der Waals surface area contributed by atoms with Crippen molar-refractivity contribution in [3.63, 3.8) is 0 Å². The summed E-state index contributed by atoms with van der Waals surface area (Å²) in [6.07, 6.45) is 0. The molecule has 2 aromatic rings. The van der Waals surface area contributed by atoms with Gasteiger partial charge < -0.3 is 9.84 Å². The van der Waals surface area contributed by atoms with Crippen LogP contribution in [0.2, 0.25) is 0 Å². The van der Waals surface area contributed by atoms with Crippen LogP contribution in [0, 0.1) is 0 Å². The molecule has 0 saturated carbocycles. The maximum atomic E-state index is 11.3. The number of nitrogen functional groups attached to an aromatic ring is 1. The van der Waals surface area contributed by atoms with E-state index >= 15 is 0 Å². The normalized spacial score (nSPS) is 9.45. The van der Waals surface area contributed by atoms with Crippen molar-refractivity contribution < 1.29 is 14.6 Å². The van der Waals surface area contributed by atoms with Crippen molar-refractivity contribution in [1.82, 2.24) is 5.43 Å². The van der Waals surface area contributed by atoms with Crippen LogP contribution in [0.5, 0.6) is 11.5 Å². The molecule has 2 aromatic carbocycles. The first-order valence-corrected chi connectivity index (χ1v) is 7.60. The zero-order valence-corrected chi connectivity index (χ0v) is 14.1. The van der Waals surface area contributed by atoms with Crippen LogP contribution in [-0.4, -0.2) is 11.0 Å². The quantitative estimate of drug-likeness (QED) is 0.440. The average molecular weight is 367 g/mol. The van der Waals surface area contributed by atoms with Gasteiger partial charge >= 0.3 is 0 Å². The lowest BCUT2D eigenvalue weighted by atomic mass is 10.2. The van der Waals surface area contributed by atoms with Gasteiger partial charge in [0.05, 0.1) is 5.56 Å². The van der Waals surface area contributed by atoms with Crippen LogP contribution in [0.4, 0.5) is 0 Å². The molecule has 0 aliphatic carbocycles. The average Bonchev–Trinajstić information content (AvgIpc) is 2.54. The highest BCUT2D eigenvalue weighted by Crippen LogP contribution is 2.24. The summed E-state index contributed by atoms with van der Waals surface area (Å²) >= 11 is 3.38. The second-order valence-corrected chi connectivity index (χ2v) is 4.99. The molecule has 0 unspecified atom stereocenters. The molecule has 22 heavy (non-hydrogen) atoms. The molecule has 0 saturated heterocycles. The van der Waals surface area contributed by atoms with E-state index in [2.05, 4.69) is 15.9 Å². The summed E-state index contributed by atoms with van der Waals surface area (Å²) in [7, 11) is 0. The van der Waals surface area contributed by atoms with Crippen LogP contribution >= 0.6 is 15.9 Å². The highest BCUT2D eigenvalue weighted by atomic mass is 79.9. The van der Waals surface area contributed by atoms with Gasteiger partial charge in [0.1, 0.15) is 18.1 Å². The lowest BCUT2D eigenvalue weighted by Gasteiger charge is -2.09. The number of ether oxygens (including phenoxy) is 1. The smallest absolute Gasteiger partial charge is 0.268 e. The summed E-state index contributed by atoms with van der Waals surface area (Å²) in [5.74, 6) is 4.75. The van der Waals surface area contributed by atoms with Crippen molar-refractivity contribution in [3.8, 4) is 11.5 Å². The van der Waals surface area contributed by atoms with E-state index < -0.39 is 5.91 Å². The van der Waals surface area contributed by atoms with E-state index in [1.165, 1.54) is 12.1 Å². The number of hydrogen-bond acceptors (Lipinski definition) is 4. The second-order valence-electron chi connectivity index (χ2n) is 4.07. The zero-order chi connectivity index (χ0) is 16.5. The predicted octanol–water partition coefficient (Wildman–Crippen LogP) is 3.36. The molecule has 0 fully saturated rings. The topological polar surface area (TPSA) is 84.6 Å². The number of benzene rings is 2. The first kappa shape index (κ1) is 18.0. The van der Waals surface area contributed by atoms with Gasteiger partial charge in [-0.3, -0.25) is 10.2 Å². The summed E-state index contributed by atoms with van der Waals surface area (Å²) in [5.41, 5.74) is 3.05. The van der Waals surface area contributed by atoms with Crippen molar-refractivity contribution in [2.24, 2.45) is 5.84 Å². The van der Waals surface area contributed by atoms with Crippen LogP contribution in [0.1, 0.15) is 29.8 Å². The lowest BCUT2D eigenvalue weighted by molar-refractivity contribution is 0.0951. The number of phenolic OH excluding ortho intramolecular Hbond substituents is 1. The summed E-state index contributed by atoms with van der Waals surface area (Å²) in [5, 5.41) is 9.73. The Bertz CT molecular complexity index is 633. The molecule has 0 heterocycles. The first-order chi connectivity index (χ1) is 10.6. The molecule has 6 heteroatoms. The Balaban J connectivity index is 0.00000116. The molecule has 118 valence electrons. The molecule has 0 spiro atoms. The van der Waals surface area contributed by atoms with Crippen molar-refractivity contribution in [2.75, 3.05) is 0 Å². The molecule has 1 amide bonds. The van der Waals surface area contributed by atoms with Crippen molar-refractivity contribution in [3.05, 3.63) is 58.1 Å². The number of nitrogens with one attached hydrogen (secondary N) is 1. The largest absolute Gasteiger partial charge is 0.507 e. The van der Waals surface area contributed by atoms with Gasteiger partial charge in [0.2, 0.25) is 0 Å². The van der Waals surface area contributed by atoms with E-state index in [9.17, 15) is 9.90 Å². The maximum Gasteiger partial charge on any atom is 0.268 e. The van der Waals surface area contributed by atoms with Crippen molar-refractivity contribution in [2.45, 2.75) is 20.5 Å². The van der Waals surface area contributed by atoms with Gasteiger partial charge in [-0.05, 0) is 29.8 Å². The van der Waals surface area contributed by atoms with Gasteiger partial charge in [0.25, 0.3) is 5.91 Å². The summed E-state index contributed by atoms with van der Waals surface area (Å²) < 4.78 is 6.52. The van der Waals surface area contributed by atoms with E-state index in [0.29, 0.717) is 12.4 Å². The Labute approximate surface area is 138 Å². The van der Waals surface area contributed by atoms with E-state index in [1.54, 1.807) is 6.07 Å².